The second-order valence-corrected chi connectivity index (χ2v) is 2.27. The summed E-state index contributed by atoms with van der Waals surface area (Å²) < 4.78 is 0. The van der Waals surface area contributed by atoms with Crippen molar-refractivity contribution in [1.29, 1.82) is 0 Å². The van der Waals surface area contributed by atoms with Gasteiger partial charge in [-0.1, -0.05) is 31.4 Å². The molecule has 1 rings (SSSR count). The Kier molecular flexibility index (Phi) is 7.97. The first kappa shape index (κ1) is 13.7. The number of carbonyl (C=O) groups is 1. The minimum absolute atomic E-state index is 0.578. The topological polar surface area (TPSA) is 65.0 Å². The van der Waals surface area contributed by atoms with Crippen LogP contribution in [0.25, 0.3) is 0 Å². The van der Waals surface area contributed by atoms with Crippen LogP contribution in [-0.2, 0) is 14.7 Å². The van der Waals surface area contributed by atoms with Crippen LogP contribution in [0.3, 0.4) is 0 Å². The Balaban J connectivity index is 0.000000385. The largest absolute Gasteiger partial charge is 0.478 e. The van der Waals surface area contributed by atoms with Crippen LogP contribution in [0.15, 0.2) is 55.8 Å². The van der Waals surface area contributed by atoms with Crippen LogP contribution in [0.2, 0.25) is 0 Å². The average Bonchev–Trinajstić information content (AvgIpc) is 2.31. The predicted molar refractivity (Wildman–Crippen MR) is 57.3 cm³/mol. The fourth-order valence-electron chi connectivity index (χ4n) is 0.563. The average molecular weight is 224 g/mol. The number of benzene rings is 1. The molecule has 1 N–H and O–H groups in total. The van der Waals surface area contributed by atoms with Crippen LogP contribution >= 0.6 is 0 Å². The van der Waals surface area contributed by atoms with Crippen LogP contribution in [0.4, 0.5) is 0 Å². The molecule has 0 atom stereocenters. The van der Waals surface area contributed by atoms with Gasteiger partial charge in [0.2, 0.25) is 0 Å². The Labute approximate surface area is 93.0 Å². The lowest BCUT2D eigenvalue weighted by Crippen LogP contribution is -1.93. The van der Waals surface area contributed by atoms with Crippen LogP contribution < -0.4 is 4.89 Å². The van der Waals surface area contributed by atoms with Gasteiger partial charge in [0.1, 0.15) is 6.26 Å². The summed E-state index contributed by atoms with van der Waals surface area (Å²) in [7, 11) is 0. The van der Waals surface area contributed by atoms with Crippen molar-refractivity contribution in [1.82, 2.24) is 0 Å². The van der Waals surface area contributed by atoms with Gasteiger partial charge in [-0.25, -0.2) is 4.79 Å². The zero-order valence-electron chi connectivity index (χ0n) is 8.54. The van der Waals surface area contributed by atoms with Crippen molar-refractivity contribution in [2.24, 2.45) is 0 Å². The number of hydrogen-bond acceptors (Lipinski definition) is 4. The van der Waals surface area contributed by atoms with Crippen molar-refractivity contribution in [2.45, 2.75) is 0 Å². The van der Waals surface area contributed by atoms with Crippen molar-refractivity contribution < 1.29 is 24.7 Å². The van der Waals surface area contributed by atoms with E-state index in [4.69, 9.17) is 5.11 Å². The molecule has 0 amide bonds. The van der Waals surface area contributed by atoms with Crippen LogP contribution in [0, 0.1) is 0 Å². The predicted octanol–water partition coefficient (Wildman–Crippen LogP) is 2.33. The molecule has 0 spiro atoms. The molecule has 5 heteroatoms. The van der Waals surface area contributed by atoms with Crippen LogP contribution in [0.1, 0.15) is 0 Å². The van der Waals surface area contributed by atoms with Crippen molar-refractivity contribution in [2.75, 3.05) is 0 Å². The van der Waals surface area contributed by atoms with Gasteiger partial charge in [-0.05, 0) is 12.1 Å². The fourth-order valence-corrected chi connectivity index (χ4v) is 0.563. The lowest BCUT2D eigenvalue weighted by atomic mass is 10.3. The quantitative estimate of drug-likeness (QED) is 0.273. The SMILES string of the molecule is C=CC(=O)O.C=COOOc1ccccc1. The van der Waals surface area contributed by atoms with Gasteiger partial charge in [0.15, 0.2) is 5.75 Å². The van der Waals surface area contributed by atoms with Crippen molar-refractivity contribution in [3.05, 3.63) is 55.8 Å². The third kappa shape index (κ3) is 8.33. The van der Waals surface area contributed by atoms with Crippen LogP contribution in [0.5, 0.6) is 5.75 Å². The maximum absolute atomic E-state index is 9.25. The molecule has 0 heterocycles. The minimum Gasteiger partial charge on any atom is -0.478 e. The Bertz CT molecular complexity index is 320. The number of rotatable bonds is 5. The van der Waals surface area contributed by atoms with Gasteiger partial charge in [-0.2, -0.15) is 0 Å². The maximum atomic E-state index is 9.25. The van der Waals surface area contributed by atoms with Gasteiger partial charge in [-0.15, -0.1) is 0 Å². The summed E-state index contributed by atoms with van der Waals surface area (Å²) in [6.45, 7) is 6.23. The summed E-state index contributed by atoms with van der Waals surface area (Å²) in [6.07, 6.45) is 1.96. The summed E-state index contributed by atoms with van der Waals surface area (Å²) in [5.74, 6) is -0.403. The number of carboxylic acid groups (broad SMARTS) is 1. The van der Waals surface area contributed by atoms with Crippen molar-refractivity contribution in [3.8, 4) is 5.75 Å². The molecule has 86 valence electrons. The molecule has 0 radical (unpaired) electrons. The highest BCUT2D eigenvalue weighted by Gasteiger charge is 1.89. The Hall–Kier alpha value is -2.27. The molecule has 16 heavy (non-hydrogen) atoms. The number of para-hydroxylation sites is 1. The first-order valence-electron chi connectivity index (χ1n) is 4.22. The molecule has 1 aromatic rings. The minimum atomic E-state index is -0.981. The molecule has 1 aromatic carbocycles. The normalized spacial score (nSPS) is 8.00. The first-order chi connectivity index (χ1) is 7.70. The fraction of sp³-hybridized carbons (Fsp3) is 0. The molecular formula is C11H12O5. The zero-order chi connectivity index (χ0) is 12.2. The van der Waals surface area contributed by atoms with E-state index in [1.54, 1.807) is 12.1 Å². The second-order valence-electron chi connectivity index (χ2n) is 2.27. The summed E-state index contributed by atoms with van der Waals surface area (Å²) in [4.78, 5) is 18.2. The summed E-state index contributed by atoms with van der Waals surface area (Å²) in [6, 6.07) is 9.01. The number of aliphatic carboxylic acids is 1. The second kappa shape index (κ2) is 9.29. The molecule has 0 aromatic heterocycles. The van der Waals surface area contributed by atoms with E-state index in [0.717, 1.165) is 12.3 Å². The molecule has 0 aliphatic heterocycles. The van der Waals surface area contributed by atoms with Gasteiger partial charge in [0.05, 0.1) is 0 Å². The standard InChI is InChI=1S/C8H8O3.C3H4O2/c1-2-9-11-10-8-6-4-3-5-7-8;1-2-3(4)5/h2-7H,1H2;2H,1H2,(H,4,5). The van der Waals surface area contributed by atoms with Gasteiger partial charge >= 0.3 is 5.97 Å². The van der Waals surface area contributed by atoms with Crippen molar-refractivity contribution >= 4 is 5.97 Å². The summed E-state index contributed by atoms with van der Waals surface area (Å²) in [5, 5.41) is 11.9. The van der Waals surface area contributed by atoms with E-state index >= 15 is 0 Å². The monoisotopic (exact) mass is 224 g/mol. The summed E-state index contributed by atoms with van der Waals surface area (Å²) in [5.41, 5.74) is 0. The summed E-state index contributed by atoms with van der Waals surface area (Å²) >= 11 is 0. The lowest BCUT2D eigenvalue weighted by Gasteiger charge is -1.99. The smallest absolute Gasteiger partial charge is 0.327 e. The Morgan fingerprint density at radius 3 is 2.25 bits per heavy atom. The molecule has 5 nitrogen and oxygen atoms in total. The third-order valence-electron chi connectivity index (χ3n) is 1.16. The molecule has 0 aliphatic rings. The first-order valence-corrected chi connectivity index (χ1v) is 4.22. The zero-order valence-corrected chi connectivity index (χ0v) is 8.54. The van der Waals surface area contributed by atoms with Gasteiger partial charge < -0.3 is 9.99 Å². The van der Waals surface area contributed by atoms with Crippen LogP contribution in [-0.4, -0.2) is 11.1 Å². The van der Waals surface area contributed by atoms with E-state index in [-0.39, 0.29) is 0 Å². The number of hydrogen-bond donors (Lipinski definition) is 1. The molecule has 0 fully saturated rings. The maximum Gasteiger partial charge on any atom is 0.327 e. The Morgan fingerprint density at radius 2 is 1.81 bits per heavy atom. The number of carboxylic acids is 1. The molecule has 0 saturated carbocycles. The van der Waals surface area contributed by atoms with Gasteiger partial charge in [-0.3, -0.25) is 4.89 Å². The highest BCUT2D eigenvalue weighted by Crippen LogP contribution is 2.08. The van der Waals surface area contributed by atoms with E-state index in [0.29, 0.717) is 5.75 Å². The highest BCUT2D eigenvalue weighted by molar-refractivity contribution is 5.78. The highest BCUT2D eigenvalue weighted by atomic mass is 17.5. The van der Waals surface area contributed by atoms with E-state index < -0.39 is 5.97 Å². The molecule has 0 bridgehead atoms. The van der Waals surface area contributed by atoms with E-state index in [9.17, 15) is 4.79 Å². The van der Waals surface area contributed by atoms with Gasteiger partial charge in [0, 0.05) is 11.1 Å². The Morgan fingerprint density at radius 1 is 1.25 bits per heavy atom. The van der Waals surface area contributed by atoms with E-state index in [1.165, 1.54) is 0 Å². The molecule has 0 unspecified atom stereocenters. The lowest BCUT2D eigenvalue weighted by molar-refractivity contribution is -0.438. The van der Waals surface area contributed by atoms with E-state index in [2.05, 4.69) is 28.0 Å². The van der Waals surface area contributed by atoms with E-state index in [1.807, 2.05) is 18.2 Å². The van der Waals surface area contributed by atoms with Crippen molar-refractivity contribution in [3.63, 3.8) is 0 Å². The molecule has 0 aliphatic carbocycles. The van der Waals surface area contributed by atoms with Gasteiger partial charge in [0.25, 0.3) is 0 Å². The third-order valence-corrected chi connectivity index (χ3v) is 1.16. The molecule has 0 saturated heterocycles. The molecular weight excluding hydrogens is 212 g/mol.